The molecule has 0 aliphatic rings. The zero-order valence-electron chi connectivity index (χ0n) is 12.5. The number of rotatable bonds is 4. The van der Waals surface area contributed by atoms with E-state index < -0.39 is 0 Å². The smallest absolute Gasteiger partial charge is 0.124 e. The van der Waals surface area contributed by atoms with E-state index in [2.05, 4.69) is 45.7 Å². The average Bonchev–Trinajstić information content (AvgIpc) is 2.71. The van der Waals surface area contributed by atoms with Gasteiger partial charge in [-0.25, -0.2) is 4.98 Å². The van der Waals surface area contributed by atoms with Gasteiger partial charge >= 0.3 is 0 Å². The van der Waals surface area contributed by atoms with Crippen LogP contribution in [0.1, 0.15) is 17.0 Å². The van der Waals surface area contributed by atoms with Gasteiger partial charge in [0.15, 0.2) is 0 Å². The SMILES string of the molecule is CNCc1nc(-c2ccc(OC)c(C)c2C)c(Br)n1C. The summed E-state index contributed by atoms with van der Waals surface area (Å²) in [6.45, 7) is 4.92. The zero-order valence-corrected chi connectivity index (χ0v) is 14.1. The van der Waals surface area contributed by atoms with E-state index in [0.29, 0.717) is 0 Å². The Balaban J connectivity index is 2.57. The lowest BCUT2D eigenvalue weighted by molar-refractivity contribution is 0.411. The molecule has 1 N–H and O–H groups in total. The Morgan fingerprint density at radius 3 is 2.60 bits per heavy atom. The van der Waals surface area contributed by atoms with Crippen LogP contribution in [0.2, 0.25) is 0 Å². The summed E-state index contributed by atoms with van der Waals surface area (Å²) in [5, 5.41) is 3.14. The second kappa shape index (κ2) is 5.97. The highest BCUT2D eigenvalue weighted by Gasteiger charge is 2.17. The van der Waals surface area contributed by atoms with E-state index in [9.17, 15) is 0 Å². The van der Waals surface area contributed by atoms with E-state index in [-0.39, 0.29) is 0 Å². The largest absolute Gasteiger partial charge is 0.496 e. The highest BCUT2D eigenvalue weighted by atomic mass is 79.9. The molecule has 0 saturated carbocycles. The van der Waals surface area contributed by atoms with Gasteiger partial charge in [0.05, 0.1) is 13.7 Å². The average molecular weight is 338 g/mol. The molecule has 0 radical (unpaired) electrons. The van der Waals surface area contributed by atoms with Crippen LogP contribution in [0.15, 0.2) is 16.7 Å². The van der Waals surface area contributed by atoms with Gasteiger partial charge in [-0.05, 0) is 60.1 Å². The second-order valence-electron chi connectivity index (χ2n) is 4.82. The Hall–Kier alpha value is -1.33. The lowest BCUT2D eigenvalue weighted by Gasteiger charge is -2.11. The molecular weight excluding hydrogens is 318 g/mol. The Bertz CT molecular complexity index is 635. The van der Waals surface area contributed by atoms with Crippen molar-refractivity contribution in [3.63, 3.8) is 0 Å². The number of hydrogen-bond acceptors (Lipinski definition) is 3. The van der Waals surface area contributed by atoms with Crippen molar-refractivity contribution in [2.24, 2.45) is 7.05 Å². The number of nitrogens with zero attached hydrogens (tertiary/aromatic N) is 2. The third kappa shape index (κ3) is 2.47. The maximum atomic E-state index is 5.37. The quantitative estimate of drug-likeness (QED) is 0.931. The Labute approximate surface area is 128 Å². The van der Waals surface area contributed by atoms with E-state index in [1.54, 1.807) is 7.11 Å². The third-order valence-corrected chi connectivity index (χ3v) is 4.57. The van der Waals surface area contributed by atoms with Crippen molar-refractivity contribution in [2.45, 2.75) is 20.4 Å². The summed E-state index contributed by atoms with van der Waals surface area (Å²) in [6.07, 6.45) is 0. The number of hydrogen-bond donors (Lipinski definition) is 1. The van der Waals surface area contributed by atoms with Crippen molar-refractivity contribution in [1.82, 2.24) is 14.9 Å². The van der Waals surface area contributed by atoms with Crippen LogP contribution in [-0.2, 0) is 13.6 Å². The van der Waals surface area contributed by atoms with Gasteiger partial charge in [-0.15, -0.1) is 0 Å². The minimum Gasteiger partial charge on any atom is -0.496 e. The summed E-state index contributed by atoms with van der Waals surface area (Å²) >= 11 is 3.64. The van der Waals surface area contributed by atoms with Gasteiger partial charge in [0, 0.05) is 12.6 Å². The van der Waals surface area contributed by atoms with Gasteiger partial charge in [-0.3, -0.25) is 0 Å². The molecule has 2 rings (SSSR count). The summed E-state index contributed by atoms with van der Waals surface area (Å²) in [4.78, 5) is 4.74. The molecule has 0 saturated heterocycles. The molecule has 0 fully saturated rings. The van der Waals surface area contributed by atoms with E-state index in [0.717, 1.165) is 39.5 Å². The molecule has 1 aromatic carbocycles. The number of imidazole rings is 1. The first-order valence-electron chi connectivity index (χ1n) is 6.51. The number of aromatic nitrogens is 2. The Morgan fingerprint density at radius 2 is 2.00 bits per heavy atom. The molecule has 0 aliphatic carbocycles. The minimum absolute atomic E-state index is 0.739. The number of methoxy groups -OCH3 is 1. The maximum absolute atomic E-state index is 5.37. The topological polar surface area (TPSA) is 39.1 Å². The number of benzene rings is 1. The summed E-state index contributed by atoms with van der Waals surface area (Å²) in [5.74, 6) is 1.91. The van der Waals surface area contributed by atoms with Crippen LogP contribution < -0.4 is 10.1 Å². The molecule has 1 aromatic heterocycles. The van der Waals surface area contributed by atoms with Crippen LogP contribution >= 0.6 is 15.9 Å². The first kappa shape index (κ1) is 15.1. The first-order chi connectivity index (χ1) is 9.51. The van der Waals surface area contributed by atoms with E-state index >= 15 is 0 Å². The molecule has 0 unspecified atom stereocenters. The van der Waals surface area contributed by atoms with Gasteiger partial charge in [-0.2, -0.15) is 0 Å². The standard InChI is InChI=1S/C15H20BrN3O/c1-9-10(2)12(20-5)7-6-11(9)14-15(16)19(4)13(18-14)8-17-3/h6-7,17H,8H2,1-5H3. The van der Waals surface area contributed by atoms with Crippen molar-refractivity contribution in [3.8, 4) is 17.0 Å². The van der Waals surface area contributed by atoms with Gasteiger partial charge in [0.25, 0.3) is 0 Å². The minimum atomic E-state index is 0.739. The fraction of sp³-hybridized carbons (Fsp3) is 0.400. The molecule has 108 valence electrons. The lowest BCUT2D eigenvalue weighted by atomic mass is 10.0. The van der Waals surface area contributed by atoms with E-state index in [4.69, 9.17) is 9.72 Å². The summed E-state index contributed by atoms with van der Waals surface area (Å²) in [7, 11) is 5.63. The second-order valence-corrected chi connectivity index (χ2v) is 5.57. The Morgan fingerprint density at radius 1 is 1.30 bits per heavy atom. The number of ether oxygens (including phenoxy) is 1. The molecule has 0 aliphatic heterocycles. The van der Waals surface area contributed by atoms with Crippen LogP contribution in [0.3, 0.4) is 0 Å². The highest BCUT2D eigenvalue weighted by molar-refractivity contribution is 9.10. The predicted molar refractivity (Wildman–Crippen MR) is 85.1 cm³/mol. The van der Waals surface area contributed by atoms with Gasteiger partial charge in [0.1, 0.15) is 21.9 Å². The molecule has 1 heterocycles. The van der Waals surface area contributed by atoms with Crippen LogP contribution in [0, 0.1) is 13.8 Å². The molecule has 0 bridgehead atoms. The normalized spacial score (nSPS) is 10.9. The first-order valence-corrected chi connectivity index (χ1v) is 7.30. The van der Waals surface area contributed by atoms with Crippen molar-refractivity contribution >= 4 is 15.9 Å². The van der Waals surface area contributed by atoms with Crippen LogP contribution in [0.5, 0.6) is 5.75 Å². The third-order valence-electron chi connectivity index (χ3n) is 3.67. The van der Waals surface area contributed by atoms with Crippen LogP contribution in [0.4, 0.5) is 0 Å². The summed E-state index contributed by atoms with van der Waals surface area (Å²) in [5.41, 5.74) is 4.45. The fourth-order valence-corrected chi connectivity index (χ4v) is 2.79. The van der Waals surface area contributed by atoms with Crippen LogP contribution in [0.25, 0.3) is 11.3 Å². The molecule has 0 spiro atoms. The van der Waals surface area contributed by atoms with Crippen molar-refractivity contribution < 1.29 is 4.74 Å². The molecular formula is C15H20BrN3O. The van der Waals surface area contributed by atoms with Gasteiger partial charge < -0.3 is 14.6 Å². The predicted octanol–water partition coefficient (Wildman–Crippen LogP) is 3.19. The molecule has 5 heteroatoms. The van der Waals surface area contributed by atoms with Crippen molar-refractivity contribution in [3.05, 3.63) is 33.7 Å². The Kier molecular flexibility index (Phi) is 4.50. The van der Waals surface area contributed by atoms with E-state index in [1.807, 2.05) is 20.2 Å². The number of halogens is 1. The molecule has 20 heavy (non-hydrogen) atoms. The highest BCUT2D eigenvalue weighted by Crippen LogP contribution is 2.34. The molecule has 0 atom stereocenters. The summed E-state index contributed by atoms with van der Waals surface area (Å²) < 4.78 is 8.42. The monoisotopic (exact) mass is 337 g/mol. The maximum Gasteiger partial charge on any atom is 0.124 e. The lowest BCUT2D eigenvalue weighted by Crippen LogP contribution is -2.10. The van der Waals surface area contributed by atoms with E-state index in [1.165, 1.54) is 5.56 Å². The molecule has 4 nitrogen and oxygen atoms in total. The summed E-state index contributed by atoms with van der Waals surface area (Å²) in [6, 6.07) is 4.06. The fourth-order valence-electron chi connectivity index (χ4n) is 2.28. The van der Waals surface area contributed by atoms with Crippen LogP contribution in [-0.4, -0.2) is 23.7 Å². The zero-order chi connectivity index (χ0) is 14.9. The van der Waals surface area contributed by atoms with Gasteiger partial charge in [0.2, 0.25) is 0 Å². The van der Waals surface area contributed by atoms with Crippen molar-refractivity contribution in [1.29, 1.82) is 0 Å². The molecule has 0 amide bonds. The molecule has 2 aromatic rings. The van der Waals surface area contributed by atoms with Gasteiger partial charge in [-0.1, -0.05) is 0 Å². The number of nitrogens with one attached hydrogen (secondary N) is 1. The van der Waals surface area contributed by atoms with Crippen molar-refractivity contribution in [2.75, 3.05) is 14.2 Å².